The molecule has 0 aliphatic carbocycles. The van der Waals surface area contributed by atoms with Crippen molar-refractivity contribution < 1.29 is 19.5 Å². The number of nitriles is 1. The molecule has 0 aromatic heterocycles. The molecule has 1 aliphatic heterocycles. The lowest BCUT2D eigenvalue weighted by atomic mass is 9.99. The maximum atomic E-state index is 11.8. The zero-order valence-electron chi connectivity index (χ0n) is 12.9. The van der Waals surface area contributed by atoms with Crippen LogP contribution >= 0.6 is 0 Å². The molecule has 7 heteroatoms. The topological polar surface area (TPSA) is 103 Å². The fourth-order valence-electron chi connectivity index (χ4n) is 2.58. The molecule has 1 amide bonds. The Morgan fingerprint density at radius 3 is 2.74 bits per heavy atom. The fourth-order valence-corrected chi connectivity index (χ4v) is 2.58. The standard InChI is InChI=1S/C16H19N3O4/c1-19-14(12-4-2-11(10-17)3-5-12)8-13(23-19)9-15(20)18-7-6-16(21)22/h2-5,13-14H,6-9H2,1H3,(H,18,20)(H,21,22)/t13-,14+/m1/s1. The Morgan fingerprint density at radius 2 is 2.13 bits per heavy atom. The summed E-state index contributed by atoms with van der Waals surface area (Å²) in [6.07, 6.45) is 0.516. The highest BCUT2D eigenvalue weighted by atomic mass is 16.7. The summed E-state index contributed by atoms with van der Waals surface area (Å²) in [5.41, 5.74) is 1.63. The van der Waals surface area contributed by atoms with Gasteiger partial charge in [0.05, 0.1) is 36.6 Å². The maximum Gasteiger partial charge on any atom is 0.305 e. The van der Waals surface area contributed by atoms with Gasteiger partial charge in [-0.15, -0.1) is 0 Å². The van der Waals surface area contributed by atoms with Gasteiger partial charge in [0, 0.05) is 13.6 Å². The number of carboxylic acid groups (broad SMARTS) is 1. The third-order valence-electron chi connectivity index (χ3n) is 3.74. The van der Waals surface area contributed by atoms with Crippen molar-refractivity contribution in [3.05, 3.63) is 35.4 Å². The zero-order chi connectivity index (χ0) is 16.8. The second-order valence-electron chi connectivity index (χ2n) is 5.46. The Morgan fingerprint density at radius 1 is 1.43 bits per heavy atom. The average Bonchev–Trinajstić information content (AvgIpc) is 2.87. The number of amides is 1. The number of carboxylic acids is 1. The highest BCUT2D eigenvalue weighted by Gasteiger charge is 2.33. The first-order valence-electron chi connectivity index (χ1n) is 7.37. The first-order valence-corrected chi connectivity index (χ1v) is 7.37. The van der Waals surface area contributed by atoms with E-state index in [0.717, 1.165) is 5.56 Å². The molecular formula is C16H19N3O4. The number of carbonyl (C=O) groups excluding carboxylic acids is 1. The molecule has 2 atom stereocenters. The van der Waals surface area contributed by atoms with Gasteiger partial charge in [0.15, 0.2) is 0 Å². The van der Waals surface area contributed by atoms with E-state index in [1.165, 1.54) is 0 Å². The van der Waals surface area contributed by atoms with Gasteiger partial charge in [0.1, 0.15) is 0 Å². The van der Waals surface area contributed by atoms with Crippen molar-refractivity contribution in [2.24, 2.45) is 0 Å². The van der Waals surface area contributed by atoms with E-state index in [1.807, 2.05) is 19.2 Å². The van der Waals surface area contributed by atoms with Gasteiger partial charge in [0.2, 0.25) is 5.91 Å². The van der Waals surface area contributed by atoms with Crippen LogP contribution in [0.1, 0.15) is 36.4 Å². The molecule has 0 spiro atoms. The first-order chi connectivity index (χ1) is 11.0. The Kier molecular flexibility index (Phi) is 5.68. The normalized spacial score (nSPS) is 20.9. The van der Waals surface area contributed by atoms with Crippen molar-refractivity contribution >= 4 is 11.9 Å². The molecule has 0 saturated carbocycles. The highest BCUT2D eigenvalue weighted by molar-refractivity contribution is 5.77. The Balaban J connectivity index is 1.86. The number of hydrogen-bond donors (Lipinski definition) is 2. The van der Waals surface area contributed by atoms with Crippen LogP contribution in [0, 0.1) is 11.3 Å². The lowest BCUT2D eigenvalue weighted by Gasteiger charge is -2.17. The smallest absolute Gasteiger partial charge is 0.305 e. The molecule has 1 heterocycles. The number of nitrogens with one attached hydrogen (secondary N) is 1. The van der Waals surface area contributed by atoms with Gasteiger partial charge in [0.25, 0.3) is 0 Å². The van der Waals surface area contributed by atoms with Crippen LogP contribution in [0.3, 0.4) is 0 Å². The molecule has 1 aromatic carbocycles. The Labute approximate surface area is 134 Å². The number of hydrogen-bond acceptors (Lipinski definition) is 5. The lowest BCUT2D eigenvalue weighted by Crippen LogP contribution is -2.29. The molecule has 0 bridgehead atoms. The molecule has 0 unspecified atom stereocenters. The number of rotatable bonds is 6. The third-order valence-corrected chi connectivity index (χ3v) is 3.74. The Bertz CT molecular complexity index is 609. The molecule has 1 aliphatic rings. The van der Waals surface area contributed by atoms with Crippen LogP contribution < -0.4 is 5.32 Å². The second kappa shape index (κ2) is 7.72. The van der Waals surface area contributed by atoms with Crippen LogP contribution in [0.15, 0.2) is 24.3 Å². The molecule has 7 nitrogen and oxygen atoms in total. The molecule has 2 rings (SSSR count). The van der Waals surface area contributed by atoms with Gasteiger partial charge in [-0.2, -0.15) is 10.3 Å². The largest absolute Gasteiger partial charge is 0.481 e. The highest BCUT2D eigenvalue weighted by Crippen LogP contribution is 2.33. The van der Waals surface area contributed by atoms with E-state index in [1.54, 1.807) is 17.2 Å². The second-order valence-corrected chi connectivity index (χ2v) is 5.46. The summed E-state index contributed by atoms with van der Waals surface area (Å²) in [7, 11) is 1.81. The summed E-state index contributed by atoms with van der Waals surface area (Å²) >= 11 is 0. The van der Waals surface area contributed by atoms with Crippen LogP contribution in [0.5, 0.6) is 0 Å². The summed E-state index contributed by atoms with van der Waals surface area (Å²) in [6.45, 7) is 0.121. The van der Waals surface area contributed by atoms with Crippen molar-refractivity contribution in [2.45, 2.75) is 31.4 Å². The number of carbonyl (C=O) groups is 2. The molecule has 1 aromatic rings. The number of aliphatic carboxylic acids is 1. The predicted octanol–water partition coefficient (Wildman–Crippen LogP) is 1.22. The van der Waals surface area contributed by atoms with Crippen molar-refractivity contribution in [3.8, 4) is 6.07 Å². The third kappa shape index (κ3) is 4.77. The van der Waals surface area contributed by atoms with E-state index in [-0.39, 0.29) is 37.4 Å². The fraction of sp³-hybridized carbons (Fsp3) is 0.438. The molecule has 0 radical (unpaired) electrons. The van der Waals surface area contributed by atoms with Crippen LogP contribution in [-0.2, 0) is 14.4 Å². The van der Waals surface area contributed by atoms with Crippen molar-refractivity contribution in [2.75, 3.05) is 13.6 Å². The number of nitrogens with zero attached hydrogens (tertiary/aromatic N) is 2. The van der Waals surface area contributed by atoms with E-state index >= 15 is 0 Å². The van der Waals surface area contributed by atoms with Gasteiger partial charge in [-0.05, 0) is 24.1 Å². The quantitative estimate of drug-likeness (QED) is 0.817. The van der Waals surface area contributed by atoms with Gasteiger partial charge in [-0.1, -0.05) is 12.1 Å². The van der Waals surface area contributed by atoms with Crippen molar-refractivity contribution in [3.63, 3.8) is 0 Å². The molecule has 2 N–H and O–H groups in total. The summed E-state index contributed by atoms with van der Waals surface area (Å²) in [5, 5.41) is 21.7. The minimum Gasteiger partial charge on any atom is -0.481 e. The number of hydroxylamine groups is 2. The monoisotopic (exact) mass is 317 g/mol. The van der Waals surface area contributed by atoms with Crippen LogP contribution in [0.25, 0.3) is 0 Å². The molecule has 23 heavy (non-hydrogen) atoms. The van der Waals surface area contributed by atoms with E-state index < -0.39 is 5.97 Å². The Hall–Kier alpha value is -2.43. The molecular weight excluding hydrogens is 298 g/mol. The minimum absolute atomic E-state index is 0.0274. The van der Waals surface area contributed by atoms with Crippen LogP contribution in [-0.4, -0.2) is 41.7 Å². The minimum atomic E-state index is -0.942. The van der Waals surface area contributed by atoms with Gasteiger partial charge >= 0.3 is 5.97 Å². The van der Waals surface area contributed by atoms with E-state index in [4.69, 9.17) is 15.2 Å². The summed E-state index contributed by atoms with van der Waals surface area (Å²) < 4.78 is 0. The number of benzene rings is 1. The van der Waals surface area contributed by atoms with Gasteiger partial charge in [-0.25, -0.2) is 0 Å². The van der Waals surface area contributed by atoms with E-state index in [0.29, 0.717) is 12.0 Å². The zero-order valence-corrected chi connectivity index (χ0v) is 12.9. The lowest BCUT2D eigenvalue weighted by molar-refractivity contribution is -0.151. The van der Waals surface area contributed by atoms with Gasteiger partial charge in [-0.3, -0.25) is 14.4 Å². The van der Waals surface area contributed by atoms with Crippen molar-refractivity contribution in [1.82, 2.24) is 10.4 Å². The molecule has 122 valence electrons. The van der Waals surface area contributed by atoms with Crippen LogP contribution in [0.2, 0.25) is 0 Å². The summed E-state index contributed by atoms with van der Waals surface area (Å²) in [5.74, 6) is -1.16. The average molecular weight is 317 g/mol. The van der Waals surface area contributed by atoms with E-state index in [2.05, 4.69) is 11.4 Å². The van der Waals surface area contributed by atoms with E-state index in [9.17, 15) is 9.59 Å². The molecule has 1 saturated heterocycles. The van der Waals surface area contributed by atoms with Crippen molar-refractivity contribution in [1.29, 1.82) is 5.26 Å². The van der Waals surface area contributed by atoms with Gasteiger partial charge < -0.3 is 10.4 Å². The molecule has 1 fully saturated rings. The summed E-state index contributed by atoms with van der Waals surface area (Å²) in [6, 6.07) is 9.40. The van der Waals surface area contributed by atoms with Crippen LogP contribution in [0.4, 0.5) is 0 Å². The maximum absolute atomic E-state index is 11.8. The predicted molar refractivity (Wildman–Crippen MR) is 81.0 cm³/mol. The SMILES string of the molecule is CN1O[C@@H](CC(=O)NCCC(=O)O)C[C@H]1c1ccc(C#N)cc1. The summed E-state index contributed by atoms with van der Waals surface area (Å²) in [4.78, 5) is 27.9. The first kappa shape index (κ1) is 16.9.